The van der Waals surface area contributed by atoms with Crippen molar-refractivity contribution in [2.24, 2.45) is 11.7 Å². The maximum atomic E-state index is 13.1. The van der Waals surface area contributed by atoms with E-state index in [9.17, 15) is 24.0 Å². The molecule has 0 unspecified atom stereocenters. The lowest BCUT2D eigenvalue weighted by Crippen LogP contribution is -2.50. The molecule has 0 bridgehead atoms. The van der Waals surface area contributed by atoms with E-state index in [1.807, 2.05) is 13.8 Å². The Morgan fingerprint density at radius 3 is 2.38 bits per heavy atom. The molecule has 4 rings (SSSR count). The van der Waals surface area contributed by atoms with E-state index in [4.69, 9.17) is 5.73 Å². The molecule has 2 aromatic rings. The van der Waals surface area contributed by atoms with Gasteiger partial charge in [0.15, 0.2) is 11.6 Å². The Kier molecular flexibility index (Phi) is 9.31. The normalized spacial score (nSPS) is 16.8. The molecular weight excluding hydrogens is 510 g/mol. The van der Waals surface area contributed by atoms with E-state index in [1.165, 1.54) is 4.90 Å². The molecule has 2 aliphatic rings. The minimum absolute atomic E-state index is 0.172. The fourth-order valence-corrected chi connectivity index (χ4v) is 5.28. The molecule has 0 spiro atoms. The van der Waals surface area contributed by atoms with Gasteiger partial charge in [0, 0.05) is 42.0 Å². The van der Waals surface area contributed by atoms with Gasteiger partial charge in [-0.15, -0.1) is 0 Å². The second-order valence-corrected chi connectivity index (χ2v) is 10.7. The molecule has 1 saturated heterocycles. The average Bonchev–Trinajstić information content (AvgIpc) is 3.44. The number of hydrogen-bond acceptors (Lipinski definition) is 7. The first-order valence-corrected chi connectivity index (χ1v) is 13.8. The SMILES string of the molecule is CC(C)C[C@H](N)C(=O)NCC(=O)N1CCC[C@@H]1C(=O)NCCCNc1cccc2c1C(=O)c1ccccc1C2=O. The Balaban J connectivity index is 1.25. The topological polar surface area (TPSA) is 151 Å². The number of nitrogens with one attached hydrogen (secondary N) is 3. The number of ketones is 2. The number of carbonyl (C=O) groups is 5. The number of amides is 3. The summed E-state index contributed by atoms with van der Waals surface area (Å²) < 4.78 is 0. The predicted octanol–water partition coefficient (Wildman–Crippen LogP) is 1.86. The summed E-state index contributed by atoms with van der Waals surface area (Å²) in [6.07, 6.45) is 2.36. The number of nitrogens with two attached hydrogens (primary N) is 1. The second-order valence-electron chi connectivity index (χ2n) is 10.7. The van der Waals surface area contributed by atoms with Gasteiger partial charge < -0.3 is 26.6 Å². The van der Waals surface area contributed by atoms with E-state index in [0.29, 0.717) is 73.3 Å². The number of hydrogen-bond donors (Lipinski definition) is 4. The first-order valence-electron chi connectivity index (χ1n) is 13.8. The first kappa shape index (κ1) is 28.9. The van der Waals surface area contributed by atoms with Crippen LogP contribution in [0.3, 0.4) is 0 Å². The van der Waals surface area contributed by atoms with Crippen LogP contribution in [-0.2, 0) is 14.4 Å². The monoisotopic (exact) mass is 547 g/mol. The Morgan fingerprint density at radius 2 is 1.65 bits per heavy atom. The Morgan fingerprint density at radius 1 is 0.950 bits per heavy atom. The van der Waals surface area contributed by atoms with Crippen LogP contribution >= 0.6 is 0 Å². The quantitative estimate of drug-likeness (QED) is 0.268. The third kappa shape index (κ3) is 6.39. The van der Waals surface area contributed by atoms with Gasteiger partial charge in [-0.1, -0.05) is 50.2 Å². The maximum Gasteiger partial charge on any atom is 0.242 e. The van der Waals surface area contributed by atoms with Crippen LogP contribution in [0.4, 0.5) is 5.69 Å². The van der Waals surface area contributed by atoms with Gasteiger partial charge in [-0.05, 0) is 37.7 Å². The number of carbonyl (C=O) groups excluding carboxylic acids is 5. The van der Waals surface area contributed by atoms with Crippen LogP contribution in [0.1, 0.15) is 71.4 Å². The van der Waals surface area contributed by atoms with Crippen molar-refractivity contribution in [3.05, 3.63) is 64.7 Å². The molecule has 1 aliphatic carbocycles. The van der Waals surface area contributed by atoms with Crippen molar-refractivity contribution in [3.8, 4) is 0 Å². The van der Waals surface area contributed by atoms with Crippen LogP contribution in [-0.4, -0.2) is 72.5 Å². The standard InChI is InChI=1S/C30H37N5O5/c1-18(2)16-22(31)29(39)34-17-25(36)35-15-6-12-24(35)30(40)33-14-7-13-32-23-11-5-10-21-26(23)28(38)20-9-4-3-8-19(20)27(21)37/h3-5,8-11,18,22,24,32H,6-7,12-17,31H2,1-2H3,(H,33,40)(H,34,39)/t22-,24+/m0/s1. The zero-order valence-electron chi connectivity index (χ0n) is 23.0. The van der Waals surface area contributed by atoms with Crippen molar-refractivity contribution >= 4 is 35.0 Å². The molecule has 10 nitrogen and oxygen atoms in total. The van der Waals surface area contributed by atoms with E-state index in [2.05, 4.69) is 16.0 Å². The number of rotatable bonds is 11. The van der Waals surface area contributed by atoms with Gasteiger partial charge in [0.1, 0.15) is 6.04 Å². The number of likely N-dealkylation sites (tertiary alicyclic amines) is 1. The summed E-state index contributed by atoms with van der Waals surface area (Å²) in [5.74, 6) is -1.01. The molecule has 40 heavy (non-hydrogen) atoms. The molecule has 2 atom stereocenters. The van der Waals surface area contributed by atoms with Gasteiger partial charge in [-0.25, -0.2) is 0 Å². The third-order valence-corrected chi connectivity index (χ3v) is 7.27. The number of fused-ring (bicyclic) bond motifs is 2. The smallest absolute Gasteiger partial charge is 0.242 e. The fourth-order valence-electron chi connectivity index (χ4n) is 5.28. The van der Waals surface area contributed by atoms with E-state index >= 15 is 0 Å². The molecule has 0 aromatic heterocycles. The largest absolute Gasteiger partial charge is 0.384 e. The lowest BCUT2D eigenvalue weighted by molar-refractivity contribution is -0.138. The fraction of sp³-hybridized carbons (Fsp3) is 0.433. The van der Waals surface area contributed by atoms with Gasteiger partial charge in [-0.2, -0.15) is 0 Å². The Labute approximate surface area is 234 Å². The van der Waals surface area contributed by atoms with E-state index in [1.54, 1.807) is 42.5 Å². The molecular formula is C30H37N5O5. The molecule has 5 N–H and O–H groups in total. The highest BCUT2D eigenvalue weighted by atomic mass is 16.2. The Bertz CT molecular complexity index is 1310. The van der Waals surface area contributed by atoms with E-state index < -0.39 is 12.1 Å². The molecule has 0 radical (unpaired) electrons. The Hall–Kier alpha value is -4.05. The highest BCUT2D eigenvalue weighted by Crippen LogP contribution is 2.31. The summed E-state index contributed by atoms with van der Waals surface area (Å²) in [5, 5.41) is 8.72. The van der Waals surface area contributed by atoms with Gasteiger partial charge in [-0.3, -0.25) is 24.0 Å². The summed E-state index contributed by atoms with van der Waals surface area (Å²) in [4.78, 5) is 65.3. The zero-order chi connectivity index (χ0) is 28.8. The van der Waals surface area contributed by atoms with Gasteiger partial charge in [0.2, 0.25) is 17.7 Å². The minimum Gasteiger partial charge on any atom is -0.384 e. The maximum absolute atomic E-state index is 13.1. The summed E-state index contributed by atoms with van der Waals surface area (Å²) in [7, 11) is 0. The highest BCUT2D eigenvalue weighted by Gasteiger charge is 2.34. The molecule has 1 fully saturated rings. The minimum atomic E-state index is -0.671. The van der Waals surface area contributed by atoms with Crippen molar-refractivity contribution < 1.29 is 24.0 Å². The van der Waals surface area contributed by atoms with Crippen molar-refractivity contribution in [2.75, 3.05) is 31.5 Å². The lowest BCUT2D eigenvalue weighted by atomic mass is 9.83. The predicted molar refractivity (Wildman–Crippen MR) is 151 cm³/mol. The van der Waals surface area contributed by atoms with Crippen LogP contribution in [0.25, 0.3) is 0 Å². The van der Waals surface area contributed by atoms with Crippen LogP contribution in [0.15, 0.2) is 42.5 Å². The summed E-state index contributed by atoms with van der Waals surface area (Å²) in [5.41, 5.74) is 8.02. The van der Waals surface area contributed by atoms with Crippen molar-refractivity contribution in [2.45, 2.75) is 51.6 Å². The third-order valence-electron chi connectivity index (χ3n) is 7.27. The molecule has 1 aliphatic heterocycles. The second kappa shape index (κ2) is 12.9. The molecule has 10 heteroatoms. The van der Waals surface area contributed by atoms with Crippen LogP contribution in [0.5, 0.6) is 0 Å². The molecule has 2 aromatic carbocycles. The zero-order valence-corrected chi connectivity index (χ0v) is 23.0. The van der Waals surface area contributed by atoms with Crippen molar-refractivity contribution in [3.63, 3.8) is 0 Å². The summed E-state index contributed by atoms with van der Waals surface area (Å²) in [6.45, 7) is 5.05. The van der Waals surface area contributed by atoms with Gasteiger partial charge >= 0.3 is 0 Å². The van der Waals surface area contributed by atoms with Crippen LogP contribution in [0.2, 0.25) is 0 Å². The van der Waals surface area contributed by atoms with E-state index in [0.717, 1.165) is 0 Å². The summed E-state index contributed by atoms with van der Waals surface area (Å²) in [6, 6.07) is 10.7. The molecule has 0 saturated carbocycles. The summed E-state index contributed by atoms with van der Waals surface area (Å²) >= 11 is 0. The van der Waals surface area contributed by atoms with Gasteiger partial charge in [0.25, 0.3) is 0 Å². The lowest BCUT2D eigenvalue weighted by Gasteiger charge is -2.24. The van der Waals surface area contributed by atoms with Crippen LogP contribution < -0.4 is 21.7 Å². The molecule has 1 heterocycles. The number of anilines is 1. The highest BCUT2D eigenvalue weighted by molar-refractivity contribution is 6.30. The number of nitrogens with zero attached hydrogens (tertiary/aromatic N) is 1. The van der Waals surface area contributed by atoms with Crippen molar-refractivity contribution in [1.82, 2.24) is 15.5 Å². The average molecular weight is 548 g/mol. The van der Waals surface area contributed by atoms with Gasteiger partial charge in [0.05, 0.1) is 18.2 Å². The van der Waals surface area contributed by atoms with Crippen LogP contribution in [0, 0.1) is 5.92 Å². The van der Waals surface area contributed by atoms with E-state index in [-0.39, 0.29) is 41.8 Å². The molecule has 212 valence electrons. The molecule has 3 amide bonds. The first-order chi connectivity index (χ1) is 19.2. The van der Waals surface area contributed by atoms with Crippen molar-refractivity contribution in [1.29, 1.82) is 0 Å². The number of benzene rings is 2.